The van der Waals surface area contributed by atoms with Crippen LogP contribution < -0.4 is 15.8 Å². The lowest BCUT2D eigenvalue weighted by Gasteiger charge is -2.14. The van der Waals surface area contributed by atoms with E-state index in [1.807, 2.05) is 0 Å². The Balaban J connectivity index is 2.46. The van der Waals surface area contributed by atoms with Gasteiger partial charge in [-0.3, -0.25) is 0 Å². The van der Waals surface area contributed by atoms with Gasteiger partial charge in [-0.25, -0.2) is 4.79 Å². The van der Waals surface area contributed by atoms with Gasteiger partial charge in [-0.2, -0.15) is 0 Å². The number of nitrogens with two attached hydrogens (primary N) is 1. The summed E-state index contributed by atoms with van der Waals surface area (Å²) in [5, 5.41) is 12.5. The number of nitrogens with one attached hydrogen (secondary N) is 1. The second-order valence-electron chi connectivity index (χ2n) is 4.20. The minimum Gasteiger partial charge on any atom is -0.495 e. The van der Waals surface area contributed by atoms with Crippen molar-refractivity contribution in [3.05, 3.63) is 45.4 Å². The normalized spacial score (nSPS) is 10.2. The fraction of sp³-hybridized carbons (Fsp3) is 0.0714. The molecule has 0 spiro atoms. The van der Waals surface area contributed by atoms with Gasteiger partial charge in [0, 0.05) is 17.4 Å². The third-order valence-electron chi connectivity index (χ3n) is 2.76. The topological polar surface area (TPSA) is 84.6 Å². The van der Waals surface area contributed by atoms with E-state index in [0.29, 0.717) is 11.4 Å². The summed E-state index contributed by atoms with van der Waals surface area (Å²) >= 11 is 9.44. The molecule has 4 N–H and O–H groups in total. The Morgan fingerprint density at radius 3 is 2.71 bits per heavy atom. The van der Waals surface area contributed by atoms with E-state index in [1.165, 1.54) is 12.1 Å². The summed E-state index contributed by atoms with van der Waals surface area (Å²) in [5.41, 5.74) is 6.84. The number of hydrogen-bond acceptors (Lipinski definition) is 4. The number of carboxylic acids is 1. The van der Waals surface area contributed by atoms with Crippen LogP contribution in [0.1, 0.15) is 10.4 Å². The van der Waals surface area contributed by atoms with Crippen molar-refractivity contribution in [2.75, 3.05) is 18.2 Å². The van der Waals surface area contributed by atoms with Gasteiger partial charge in [-0.15, -0.1) is 0 Å². The highest BCUT2D eigenvalue weighted by Gasteiger charge is 2.15. The van der Waals surface area contributed by atoms with Crippen molar-refractivity contribution >= 4 is 50.6 Å². The number of hydrogen-bond donors (Lipinski definition) is 3. The number of methoxy groups -OCH3 is 1. The van der Waals surface area contributed by atoms with Crippen molar-refractivity contribution in [2.45, 2.75) is 0 Å². The van der Waals surface area contributed by atoms with Crippen LogP contribution in [0.2, 0.25) is 5.02 Å². The summed E-state index contributed by atoms with van der Waals surface area (Å²) in [6.07, 6.45) is 0. The van der Waals surface area contributed by atoms with Crippen molar-refractivity contribution in [1.82, 2.24) is 0 Å². The minimum absolute atomic E-state index is 0.00175. The van der Waals surface area contributed by atoms with Crippen molar-refractivity contribution in [3.8, 4) is 5.75 Å². The Labute approximate surface area is 134 Å². The molecule has 0 aliphatic heterocycles. The Bertz CT molecular complexity index is 707. The summed E-state index contributed by atoms with van der Waals surface area (Å²) in [5.74, 6) is -0.501. The molecule has 21 heavy (non-hydrogen) atoms. The van der Waals surface area contributed by atoms with E-state index in [0.717, 1.165) is 4.47 Å². The molecule has 0 saturated heterocycles. The number of halogens is 2. The molecule has 110 valence electrons. The van der Waals surface area contributed by atoms with Crippen LogP contribution in [0, 0.1) is 0 Å². The monoisotopic (exact) mass is 370 g/mol. The van der Waals surface area contributed by atoms with E-state index >= 15 is 0 Å². The summed E-state index contributed by atoms with van der Waals surface area (Å²) in [4.78, 5) is 11.3. The van der Waals surface area contributed by atoms with E-state index in [2.05, 4.69) is 21.2 Å². The Kier molecular flexibility index (Phi) is 4.59. The maximum absolute atomic E-state index is 11.3. The molecule has 2 aromatic carbocycles. The number of ether oxygens (including phenoxy) is 1. The summed E-state index contributed by atoms with van der Waals surface area (Å²) in [7, 11) is 1.54. The Morgan fingerprint density at radius 1 is 1.38 bits per heavy atom. The molecule has 0 unspecified atom stereocenters. The first-order valence-corrected chi connectivity index (χ1v) is 7.02. The first-order chi connectivity index (χ1) is 9.92. The molecule has 0 fully saturated rings. The number of carboxylic acid groups (broad SMARTS) is 1. The van der Waals surface area contributed by atoms with Crippen LogP contribution in [-0.4, -0.2) is 18.2 Å². The number of carbonyl (C=O) groups is 1. The van der Waals surface area contributed by atoms with Gasteiger partial charge in [-0.05, 0) is 40.2 Å². The van der Waals surface area contributed by atoms with Crippen LogP contribution in [-0.2, 0) is 0 Å². The molecule has 5 nitrogen and oxygen atoms in total. The Morgan fingerprint density at radius 2 is 2.10 bits per heavy atom. The van der Waals surface area contributed by atoms with E-state index in [4.69, 9.17) is 22.1 Å². The van der Waals surface area contributed by atoms with Gasteiger partial charge < -0.3 is 20.9 Å². The standard InChI is InChI=1S/C14H12BrClN2O3/c1-21-12-6-8(2-3-10(12)15)18-13-9(14(19)20)4-7(17)5-11(13)16/h2-6,18H,17H2,1H3,(H,19,20). The lowest BCUT2D eigenvalue weighted by molar-refractivity contribution is 0.0698. The highest BCUT2D eigenvalue weighted by molar-refractivity contribution is 9.10. The molecule has 7 heteroatoms. The predicted octanol–water partition coefficient (Wildman–Crippen LogP) is 4.14. The Hall–Kier alpha value is -1.92. The SMILES string of the molecule is COc1cc(Nc2c(Cl)cc(N)cc2C(=O)O)ccc1Br. The first kappa shape index (κ1) is 15.5. The van der Waals surface area contributed by atoms with Gasteiger partial charge in [0.25, 0.3) is 0 Å². The average Bonchev–Trinajstić information content (AvgIpc) is 2.43. The van der Waals surface area contributed by atoms with Crippen molar-refractivity contribution in [1.29, 1.82) is 0 Å². The molecule has 0 bridgehead atoms. The molecular formula is C14H12BrClN2O3. The van der Waals surface area contributed by atoms with Gasteiger partial charge in [-0.1, -0.05) is 11.6 Å². The zero-order valence-corrected chi connectivity index (χ0v) is 13.3. The molecule has 0 atom stereocenters. The van der Waals surface area contributed by atoms with Gasteiger partial charge in [0.15, 0.2) is 0 Å². The third kappa shape index (κ3) is 3.40. The summed E-state index contributed by atoms with van der Waals surface area (Å²) < 4.78 is 5.98. The summed E-state index contributed by atoms with van der Waals surface area (Å²) in [6, 6.07) is 8.12. The third-order valence-corrected chi connectivity index (χ3v) is 3.72. The second-order valence-corrected chi connectivity index (χ2v) is 5.47. The highest BCUT2D eigenvalue weighted by Crippen LogP contribution is 2.34. The van der Waals surface area contributed by atoms with E-state index in [1.54, 1.807) is 25.3 Å². The van der Waals surface area contributed by atoms with Gasteiger partial charge >= 0.3 is 5.97 Å². The number of benzene rings is 2. The van der Waals surface area contributed by atoms with Crippen LogP contribution in [0.5, 0.6) is 5.75 Å². The molecular weight excluding hydrogens is 360 g/mol. The fourth-order valence-corrected chi connectivity index (χ4v) is 2.49. The van der Waals surface area contributed by atoms with Gasteiger partial charge in [0.05, 0.1) is 27.9 Å². The number of nitrogen functional groups attached to an aromatic ring is 1. The van der Waals surface area contributed by atoms with Crippen molar-refractivity contribution in [2.24, 2.45) is 0 Å². The van der Waals surface area contributed by atoms with Gasteiger partial charge in [0.2, 0.25) is 0 Å². The zero-order valence-electron chi connectivity index (χ0n) is 11.0. The first-order valence-electron chi connectivity index (χ1n) is 5.85. The molecule has 0 aromatic heterocycles. The van der Waals surface area contributed by atoms with Crippen molar-refractivity contribution in [3.63, 3.8) is 0 Å². The highest BCUT2D eigenvalue weighted by atomic mass is 79.9. The molecule has 0 aliphatic rings. The van der Waals surface area contributed by atoms with Gasteiger partial charge in [0.1, 0.15) is 5.75 Å². The van der Waals surface area contributed by atoms with E-state index < -0.39 is 5.97 Å². The fourth-order valence-electron chi connectivity index (χ4n) is 1.81. The van der Waals surface area contributed by atoms with Crippen LogP contribution in [0.3, 0.4) is 0 Å². The molecule has 0 saturated carbocycles. The summed E-state index contributed by atoms with van der Waals surface area (Å²) in [6.45, 7) is 0. The van der Waals surface area contributed by atoms with Crippen LogP contribution in [0.15, 0.2) is 34.8 Å². The number of anilines is 3. The second kappa shape index (κ2) is 6.24. The maximum atomic E-state index is 11.3. The van der Waals surface area contributed by atoms with E-state index in [9.17, 15) is 9.90 Å². The largest absolute Gasteiger partial charge is 0.495 e. The van der Waals surface area contributed by atoms with Crippen LogP contribution in [0.25, 0.3) is 0 Å². The average molecular weight is 372 g/mol. The molecule has 2 aromatic rings. The lowest BCUT2D eigenvalue weighted by Crippen LogP contribution is -2.05. The molecule has 0 heterocycles. The molecule has 0 amide bonds. The quantitative estimate of drug-likeness (QED) is 0.704. The lowest BCUT2D eigenvalue weighted by atomic mass is 10.1. The van der Waals surface area contributed by atoms with E-state index in [-0.39, 0.29) is 22.0 Å². The molecule has 0 radical (unpaired) electrons. The predicted molar refractivity (Wildman–Crippen MR) is 86.8 cm³/mol. The number of aromatic carboxylic acids is 1. The number of rotatable bonds is 4. The van der Waals surface area contributed by atoms with Crippen molar-refractivity contribution < 1.29 is 14.6 Å². The molecule has 2 rings (SSSR count). The maximum Gasteiger partial charge on any atom is 0.337 e. The van der Waals surface area contributed by atoms with Crippen LogP contribution in [0.4, 0.5) is 17.1 Å². The zero-order chi connectivity index (χ0) is 15.6. The molecule has 0 aliphatic carbocycles. The minimum atomic E-state index is -1.12. The smallest absolute Gasteiger partial charge is 0.337 e. The van der Waals surface area contributed by atoms with Crippen LogP contribution >= 0.6 is 27.5 Å².